The molecule has 3 nitrogen and oxygen atoms in total. The number of nitrogens with zero attached hydrogens (tertiary/aromatic N) is 1. The van der Waals surface area contributed by atoms with E-state index < -0.39 is 0 Å². The molecule has 1 fully saturated rings. The van der Waals surface area contributed by atoms with Crippen molar-refractivity contribution < 1.29 is 14.2 Å². The summed E-state index contributed by atoms with van der Waals surface area (Å²) < 4.78 is 18.4. The van der Waals surface area contributed by atoms with Gasteiger partial charge in [-0.15, -0.1) is 0 Å². The molecule has 1 saturated heterocycles. The number of rotatable bonds is 2. The Morgan fingerprint density at radius 1 is 1.56 bits per heavy atom. The van der Waals surface area contributed by atoms with E-state index in [4.69, 9.17) is 4.74 Å². The molecule has 1 heterocycles. The first-order chi connectivity index (χ1) is 7.72. The van der Waals surface area contributed by atoms with Gasteiger partial charge in [0, 0.05) is 23.8 Å². The fourth-order valence-corrected chi connectivity index (χ4v) is 2.05. The van der Waals surface area contributed by atoms with Crippen LogP contribution in [0, 0.1) is 5.82 Å². The minimum Gasteiger partial charge on any atom is -0.392 e. The Morgan fingerprint density at radius 3 is 3.06 bits per heavy atom. The van der Waals surface area contributed by atoms with Crippen molar-refractivity contribution in [1.29, 1.82) is 0 Å². The Bertz CT molecular complexity index is 370. The Labute approximate surface area is 94.4 Å². The third kappa shape index (κ3) is 2.18. The van der Waals surface area contributed by atoms with E-state index >= 15 is 0 Å². The summed E-state index contributed by atoms with van der Waals surface area (Å²) in [6.45, 7) is 4.04. The first kappa shape index (κ1) is 11.4. The van der Waals surface area contributed by atoms with E-state index in [1.54, 1.807) is 6.07 Å². The molecule has 0 bridgehead atoms. The molecule has 1 aromatic carbocycles. The van der Waals surface area contributed by atoms with Crippen LogP contribution in [-0.2, 0) is 11.3 Å². The van der Waals surface area contributed by atoms with Gasteiger partial charge in [-0.2, -0.15) is 0 Å². The molecule has 0 aromatic heterocycles. The molecule has 1 aliphatic rings. The van der Waals surface area contributed by atoms with E-state index in [1.807, 2.05) is 0 Å². The van der Waals surface area contributed by atoms with Gasteiger partial charge in [-0.1, -0.05) is 0 Å². The maximum atomic E-state index is 13.0. The molecule has 2 rings (SSSR count). The molecule has 0 spiro atoms. The van der Waals surface area contributed by atoms with E-state index in [9.17, 15) is 9.50 Å². The summed E-state index contributed by atoms with van der Waals surface area (Å²) in [5, 5.41) is 9.24. The summed E-state index contributed by atoms with van der Waals surface area (Å²) in [6.07, 6.45) is 0. The van der Waals surface area contributed by atoms with Gasteiger partial charge >= 0.3 is 0 Å². The van der Waals surface area contributed by atoms with Crippen LogP contribution in [0.15, 0.2) is 18.2 Å². The summed E-state index contributed by atoms with van der Waals surface area (Å²) in [7, 11) is 0. The van der Waals surface area contributed by atoms with Crippen LogP contribution < -0.4 is 4.90 Å². The highest BCUT2D eigenvalue weighted by molar-refractivity contribution is 5.54. The zero-order valence-electron chi connectivity index (χ0n) is 9.32. The van der Waals surface area contributed by atoms with Gasteiger partial charge in [0.15, 0.2) is 0 Å². The fraction of sp³-hybridized carbons (Fsp3) is 0.500. The van der Waals surface area contributed by atoms with Crippen LogP contribution in [0.2, 0.25) is 0 Å². The Hall–Kier alpha value is -1.13. The standard InChI is InChI=1S/C12H16FNO2/c1-9-8-16-5-4-14(9)12-3-2-11(13)6-10(12)7-15/h2-3,6,9,15H,4-5,7-8H2,1H3. The zero-order chi connectivity index (χ0) is 11.5. The predicted octanol–water partition coefficient (Wildman–Crippen LogP) is 1.54. The third-order valence-corrected chi connectivity index (χ3v) is 2.89. The molecule has 1 N–H and O–H groups in total. The third-order valence-electron chi connectivity index (χ3n) is 2.89. The molecule has 16 heavy (non-hydrogen) atoms. The lowest BCUT2D eigenvalue weighted by atomic mass is 10.1. The number of aliphatic hydroxyl groups is 1. The maximum Gasteiger partial charge on any atom is 0.123 e. The lowest BCUT2D eigenvalue weighted by Crippen LogP contribution is -2.44. The van der Waals surface area contributed by atoms with Crippen molar-refractivity contribution in [2.24, 2.45) is 0 Å². The first-order valence-electron chi connectivity index (χ1n) is 5.46. The van der Waals surface area contributed by atoms with Gasteiger partial charge in [0.1, 0.15) is 5.82 Å². The highest BCUT2D eigenvalue weighted by Crippen LogP contribution is 2.25. The maximum absolute atomic E-state index is 13.0. The fourth-order valence-electron chi connectivity index (χ4n) is 2.05. The predicted molar refractivity (Wildman–Crippen MR) is 59.9 cm³/mol. The van der Waals surface area contributed by atoms with Crippen molar-refractivity contribution in [2.45, 2.75) is 19.6 Å². The molecular formula is C12H16FNO2. The van der Waals surface area contributed by atoms with Crippen LogP contribution >= 0.6 is 0 Å². The molecule has 1 unspecified atom stereocenters. The van der Waals surface area contributed by atoms with Gasteiger partial charge in [0.25, 0.3) is 0 Å². The van der Waals surface area contributed by atoms with Gasteiger partial charge in [0.05, 0.1) is 19.8 Å². The summed E-state index contributed by atoms with van der Waals surface area (Å²) in [5.41, 5.74) is 1.54. The summed E-state index contributed by atoms with van der Waals surface area (Å²) in [5.74, 6) is -0.311. The number of hydrogen-bond acceptors (Lipinski definition) is 3. The van der Waals surface area contributed by atoms with Crippen molar-refractivity contribution in [3.05, 3.63) is 29.6 Å². The number of anilines is 1. The van der Waals surface area contributed by atoms with E-state index in [2.05, 4.69) is 11.8 Å². The normalized spacial score (nSPS) is 21.2. The van der Waals surface area contributed by atoms with Gasteiger partial charge < -0.3 is 14.7 Å². The minimum atomic E-state index is -0.311. The van der Waals surface area contributed by atoms with Crippen LogP contribution in [0.25, 0.3) is 0 Å². The van der Waals surface area contributed by atoms with Crippen molar-refractivity contribution in [1.82, 2.24) is 0 Å². The second-order valence-corrected chi connectivity index (χ2v) is 4.05. The average Bonchev–Trinajstić information content (AvgIpc) is 2.30. The van der Waals surface area contributed by atoms with Crippen LogP contribution in [0.3, 0.4) is 0 Å². The highest BCUT2D eigenvalue weighted by atomic mass is 19.1. The second kappa shape index (κ2) is 4.80. The Kier molecular flexibility index (Phi) is 3.41. The molecule has 0 saturated carbocycles. The summed E-state index contributed by atoms with van der Waals surface area (Å²) in [6, 6.07) is 4.79. The molecule has 4 heteroatoms. The molecule has 0 aliphatic carbocycles. The molecule has 0 radical (unpaired) electrons. The Balaban J connectivity index is 2.30. The number of benzene rings is 1. The zero-order valence-corrected chi connectivity index (χ0v) is 9.32. The minimum absolute atomic E-state index is 0.142. The van der Waals surface area contributed by atoms with Gasteiger partial charge in [-0.05, 0) is 25.1 Å². The van der Waals surface area contributed by atoms with Gasteiger partial charge in [0.2, 0.25) is 0 Å². The van der Waals surface area contributed by atoms with Crippen LogP contribution in [0.5, 0.6) is 0 Å². The van der Waals surface area contributed by atoms with Crippen LogP contribution in [0.4, 0.5) is 10.1 Å². The monoisotopic (exact) mass is 225 g/mol. The van der Waals surface area contributed by atoms with E-state index in [0.717, 1.165) is 12.2 Å². The van der Waals surface area contributed by atoms with Crippen molar-refractivity contribution in [3.63, 3.8) is 0 Å². The Morgan fingerprint density at radius 2 is 2.38 bits per heavy atom. The second-order valence-electron chi connectivity index (χ2n) is 4.05. The summed E-state index contributed by atoms with van der Waals surface area (Å²) in [4.78, 5) is 2.15. The van der Waals surface area contributed by atoms with Crippen LogP contribution in [0.1, 0.15) is 12.5 Å². The van der Waals surface area contributed by atoms with Gasteiger partial charge in [-0.25, -0.2) is 4.39 Å². The number of aliphatic hydroxyl groups excluding tert-OH is 1. The molecule has 88 valence electrons. The number of morpholine rings is 1. The topological polar surface area (TPSA) is 32.7 Å². The van der Waals surface area contributed by atoms with E-state index in [0.29, 0.717) is 18.8 Å². The molecule has 0 amide bonds. The van der Waals surface area contributed by atoms with E-state index in [-0.39, 0.29) is 18.5 Å². The van der Waals surface area contributed by atoms with E-state index in [1.165, 1.54) is 12.1 Å². The number of hydrogen-bond donors (Lipinski definition) is 1. The quantitative estimate of drug-likeness (QED) is 0.828. The smallest absolute Gasteiger partial charge is 0.123 e. The lowest BCUT2D eigenvalue weighted by molar-refractivity contribution is 0.0987. The number of ether oxygens (including phenoxy) is 1. The van der Waals surface area contributed by atoms with Crippen LogP contribution in [-0.4, -0.2) is 30.9 Å². The van der Waals surface area contributed by atoms with Crippen molar-refractivity contribution >= 4 is 5.69 Å². The molecule has 1 aliphatic heterocycles. The SMILES string of the molecule is CC1COCCN1c1ccc(F)cc1CO. The first-order valence-corrected chi connectivity index (χ1v) is 5.46. The molecular weight excluding hydrogens is 209 g/mol. The lowest BCUT2D eigenvalue weighted by Gasteiger charge is -2.36. The van der Waals surface area contributed by atoms with Crippen molar-refractivity contribution in [2.75, 3.05) is 24.7 Å². The average molecular weight is 225 g/mol. The molecule has 1 aromatic rings. The highest BCUT2D eigenvalue weighted by Gasteiger charge is 2.21. The largest absolute Gasteiger partial charge is 0.392 e. The van der Waals surface area contributed by atoms with Gasteiger partial charge in [-0.3, -0.25) is 0 Å². The molecule has 1 atom stereocenters. The van der Waals surface area contributed by atoms with Crippen molar-refractivity contribution in [3.8, 4) is 0 Å². The summed E-state index contributed by atoms with van der Waals surface area (Å²) >= 11 is 0. The number of halogens is 1.